The number of likely N-dealkylation sites (tertiary alicyclic amines) is 1. The number of halogens is 2. The van der Waals surface area contributed by atoms with Crippen LogP contribution in [0, 0.1) is 17.6 Å². The van der Waals surface area contributed by atoms with Crippen molar-refractivity contribution in [2.45, 2.75) is 50.8 Å². The minimum absolute atomic E-state index is 0.189. The number of aliphatic hydroxyl groups is 1. The molecule has 1 aliphatic heterocycles. The lowest BCUT2D eigenvalue weighted by Gasteiger charge is -2.31. The summed E-state index contributed by atoms with van der Waals surface area (Å²) in [7, 11) is 0. The van der Waals surface area contributed by atoms with Gasteiger partial charge in [0.25, 0.3) is 0 Å². The van der Waals surface area contributed by atoms with Crippen LogP contribution < -0.4 is 0 Å². The van der Waals surface area contributed by atoms with E-state index in [-0.39, 0.29) is 6.10 Å². The van der Waals surface area contributed by atoms with Gasteiger partial charge in [0, 0.05) is 18.5 Å². The fourth-order valence-electron chi connectivity index (χ4n) is 3.82. The molecule has 110 valence electrons. The molecule has 20 heavy (non-hydrogen) atoms. The molecule has 2 aliphatic rings. The number of rotatable bonds is 3. The molecule has 2 nitrogen and oxygen atoms in total. The van der Waals surface area contributed by atoms with Crippen molar-refractivity contribution in [1.82, 2.24) is 4.90 Å². The smallest absolute Gasteiger partial charge is 0.159 e. The molecule has 1 saturated carbocycles. The molecule has 0 aromatic heterocycles. The second-order valence-corrected chi connectivity index (χ2v) is 6.09. The summed E-state index contributed by atoms with van der Waals surface area (Å²) in [6.45, 7) is 1.62. The van der Waals surface area contributed by atoms with Gasteiger partial charge in [-0.2, -0.15) is 0 Å². The zero-order valence-electron chi connectivity index (χ0n) is 11.6. The van der Waals surface area contributed by atoms with Crippen molar-refractivity contribution in [3.8, 4) is 0 Å². The van der Waals surface area contributed by atoms with E-state index in [0.717, 1.165) is 44.2 Å². The molecule has 1 heterocycles. The average Bonchev–Trinajstić information content (AvgIpc) is 3.02. The Morgan fingerprint density at radius 1 is 1.10 bits per heavy atom. The van der Waals surface area contributed by atoms with Gasteiger partial charge in [-0.05, 0) is 49.9 Å². The Labute approximate surface area is 118 Å². The van der Waals surface area contributed by atoms with Gasteiger partial charge in [0.15, 0.2) is 11.6 Å². The van der Waals surface area contributed by atoms with E-state index in [2.05, 4.69) is 4.90 Å². The Morgan fingerprint density at radius 2 is 1.95 bits per heavy atom. The van der Waals surface area contributed by atoms with Crippen molar-refractivity contribution in [2.75, 3.05) is 6.54 Å². The normalized spacial score (nSPS) is 31.1. The summed E-state index contributed by atoms with van der Waals surface area (Å²) >= 11 is 0. The van der Waals surface area contributed by atoms with Gasteiger partial charge in [-0.15, -0.1) is 0 Å². The van der Waals surface area contributed by atoms with Crippen LogP contribution in [0.4, 0.5) is 8.78 Å². The topological polar surface area (TPSA) is 23.5 Å². The van der Waals surface area contributed by atoms with E-state index >= 15 is 0 Å². The first kappa shape index (κ1) is 14.0. The largest absolute Gasteiger partial charge is 0.393 e. The van der Waals surface area contributed by atoms with E-state index in [1.165, 1.54) is 12.1 Å². The van der Waals surface area contributed by atoms with Gasteiger partial charge in [0.05, 0.1) is 6.10 Å². The first-order valence-corrected chi connectivity index (χ1v) is 7.51. The number of benzene rings is 1. The Kier molecular flexibility index (Phi) is 4.03. The summed E-state index contributed by atoms with van der Waals surface area (Å²) in [5, 5.41) is 10.1. The number of aliphatic hydroxyl groups excluding tert-OH is 1. The number of nitrogens with zero attached hydrogens (tertiary/aromatic N) is 1. The highest BCUT2D eigenvalue weighted by Crippen LogP contribution is 2.36. The lowest BCUT2D eigenvalue weighted by Crippen LogP contribution is -2.38. The van der Waals surface area contributed by atoms with Crippen LogP contribution in [-0.4, -0.2) is 28.7 Å². The average molecular weight is 281 g/mol. The highest BCUT2D eigenvalue weighted by Gasteiger charge is 2.38. The van der Waals surface area contributed by atoms with Crippen molar-refractivity contribution >= 4 is 0 Å². The van der Waals surface area contributed by atoms with Crippen LogP contribution >= 0.6 is 0 Å². The molecule has 0 bridgehead atoms. The fraction of sp³-hybridized carbons (Fsp3) is 0.625. The van der Waals surface area contributed by atoms with E-state index in [9.17, 15) is 13.9 Å². The molecule has 2 fully saturated rings. The highest BCUT2D eigenvalue weighted by molar-refractivity contribution is 5.18. The second-order valence-electron chi connectivity index (χ2n) is 6.09. The summed E-state index contributed by atoms with van der Waals surface area (Å²) in [6.07, 6.45) is 5.12. The van der Waals surface area contributed by atoms with Crippen LogP contribution in [0.1, 0.15) is 37.7 Å². The zero-order valence-corrected chi connectivity index (χ0v) is 11.6. The summed E-state index contributed by atoms with van der Waals surface area (Å²) in [5.41, 5.74) is 0.809. The lowest BCUT2D eigenvalue weighted by molar-refractivity contribution is 0.0718. The van der Waals surface area contributed by atoms with Gasteiger partial charge in [0.1, 0.15) is 0 Å². The summed E-state index contributed by atoms with van der Waals surface area (Å²) in [4.78, 5) is 2.33. The Morgan fingerprint density at radius 3 is 2.65 bits per heavy atom. The Balaban J connectivity index is 1.70. The summed E-state index contributed by atoms with van der Waals surface area (Å²) in [5.74, 6) is -1.22. The van der Waals surface area contributed by atoms with Crippen LogP contribution in [0.2, 0.25) is 0 Å². The third kappa shape index (κ3) is 2.72. The van der Waals surface area contributed by atoms with E-state index in [1.54, 1.807) is 6.07 Å². The maximum absolute atomic E-state index is 13.3. The van der Waals surface area contributed by atoms with Gasteiger partial charge >= 0.3 is 0 Å². The highest BCUT2D eigenvalue weighted by atomic mass is 19.2. The van der Waals surface area contributed by atoms with Gasteiger partial charge in [-0.25, -0.2) is 8.78 Å². The van der Waals surface area contributed by atoms with E-state index in [0.29, 0.717) is 18.5 Å². The molecule has 3 unspecified atom stereocenters. The maximum Gasteiger partial charge on any atom is 0.159 e. The Hall–Kier alpha value is -1.00. The second kappa shape index (κ2) is 5.78. The number of hydrogen-bond donors (Lipinski definition) is 1. The number of hydrogen-bond acceptors (Lipinski definition) is 2. The van der Waals surface area contributed by atoms with Crippen molar-refractivity contribution in [2.24, 2.45) is 5.92 Å². The van der Waals surface area contributed by atoms with Crippen molar-refractivity contribution in [1.29, 1.82) is 0 Å². The van der Waals surface area contributed by atoms with Gasteiger partial charge in [-0.1, -0.05) is 12.5 Å². The van der Waals surface area contributed by atoms with Crippen molar-refractivity contribution < 1.29 is 13.9 Å². The predicted octanol–water partition coefficient (Wildman–Crippen LogP) is 3.09. The minimum Gasteiger partial charge on any atom is -0.393 e. The van der Waals surface area contributed by atoms with Gasteiger partial charge < -0.3 is 5.11 Å². The molecular weight excluding hydrogens is 260 g/mol. The first-order valence-electron chi connectivity index (χ1n) is 7.51. The molecule has 1 aliphatic carbocycles. The third-order valence-corrected chi connectivity index (χ3v) is 4.81. The fourth-order valence-corrected chi connectivity index (χ4v) is 3.82. The van der Waals surface area contributed by atoms with E-state index in [4.69, 9.17) is 0 Å². The van der Waals surface area contributed by atoms with Crippen LogP contribution in [0.5, 0.6) is 0 Å². The standard InChI is InChI=1S/C16H21F2NO/c17-13-7-6-11(9-14(13)18)10-19-8-2-4-15(19)12-3-1-5-16(12)20/h6-7,9,12,15-16,20H,1-5,8,10H2. The molecular formula is C16H21F2NO. The summed E-state index contributed by atoms with van der Waals surface area (Å²) in [6, 6.07) is 4.52. The molecule has 1 aromatic carbocycles. The quantitative estimate of drug-likeness (QED) is 0.920. The molecule has 1 aromatic rings. The molecule has 3 rings (SSSR count). The predicted molar refractivity (Wildman–Crippen MR) is 73.1 cm³/mol. The first-order chi connectivity index (χ1) is 9.65. The molecule has 0 radical (unpaired) electrons. The van der Waals surface area contributed by atoms with Crippen molar-refractivity contribution in [3.05, 3.63) is 35.4 Å². The van der Waals surface area contributed by atoms with Crippen LogP contribution in [-0.2, 0) is 6.54 Å². The van der Waals surface area contributed by atoms with Crippen LogP contribution in [0.25, 0.3) is 0 Å². The molecule has 0 amide bonds. The molecule has 1 saturated heterocycles. The van der Waals surface area contributed by atoms with Crippen molar-refractivity contribution in [3.63, 3.8) is 0 Å². The zero-order chi connectivity index (χ0) is 14.1. The SMILES string of the molecule is OC1CCCC1C1CCCN1Cc1ccc(F)c(F)c1. The van der Waals surface area contributed by atoms with Gasteiger partial charge in [0.2, 0.25) is 0 Å². The molecule has 3 atom stereocenters. The molecule has 4 heteroatoms. The molecule has 0 spiro atoms. The maximum atomic E-state index is 13.3. The third-order valence-electron chi connectivity index (χ3n) is 4.81. The molecule has 1 N–H and O–H groups in total. The van der Waals surface area contributed by atoms with E-state index in [1.807, 2.05) is 0 Å². The van der Waals surface area contributed by atoms with E-state index < -0.39 is 11.6 Å². The van der Waals surface area contributed by atoms with Crippen LogP contribution in [0.3, 0.4) is 0 Å². The minimum atomic E-state index is -0.794. The monoisotopic (exact) mass is 281 g/mol. The Bertz CT molecular complexity index is 480. The summed E-state index contributed by atoms with van der Waals surface area (Å²) < 4.78 is 26.2. The van der Waals surface area contributed by atoms with Crippen LogP contribution in [0.15, 0.2) is 18.2 Å². The lowest BCUT2D eigenvalue weighted by atomic mass is 9.94. The van der Waals surface area contributed by atoms with Gasteiger partial charge in [-0.3, -0.25) is 4.90 Å².